The number of aryl methyl sites for hydroxylation is 1. The maximum absolute atomic E-state index is 12.7. The highest BCUT2D eigenvalue weighted by Gasteiger charge is 2.29. The molecule has 7 nitrogen and oxygen atoms in total. The Kier molecular flexibility index (Phi) is 8.10. The number of carbonyl (C=O) groups excluding carboxylic acids is 1. The van der Waals surface area contributed by atoms with Crippen LogP contribution in [0.3, 0.4) is 0 Å². The molecule has 0 saturated carbocycles. The van der Waals surface area contributed by atoms with Gasteiger partial charge >= 0.3 is 0 Å². The topological polar surface area (TPSA) is 65.8 Å². The van der Waals surface area contributed by atoms with E-state index in [2.05, 4.69) is 57.3 Å². The highest BCUT2D eigenvalue weighted by atomic mass is 127. The van der Waals surface area contributed by atoms with Gasteiger partial charge in [-0.3, -0.25) is 14.5 Å². The van der Waals surface area contributed by atoms with Crippen LogP contribution in [-0.4, -0.2) is 59.8 Å². The van der Waals surface area contributed by atoms with Crippen LogP contribution >= 0.6 is 39.9 Å². The number of benzene rings is 1. The van der Waals surface area contributed by atoms with Crippen molar-refractivity contribution in [2.75, 3.05) is 38.1 Å². The summed E-state index contributed by atoms with van der Waals surface area (Å²) in [4.78, 5) is 20.8. The van der Waals surface area contributed by atoms with Crippen molar-refractivity contribution in [2.24, 2.45) is 12.0 Å². The summed E-state index contributed by atoms with van der Waals surface area (Å²) in [6.45, 7) is 6.73. The minimum atomic E-state index is -0.0821. The lowest BCUT2D eigenvalue weighted by molar-refractivity contribution is -0.120. The van der Waals surface area contributed by atoms with Gasteiger partial charge in [0, 0.05) is 49.8 Å². The summed E-state index contributed by atoms with van der Waals surface area (Å²) in [5.41, 5.74) is 1.99. The number of anilines is 1. The van der Waals surface area contributed by atoms with Crippen molar-refractivity contribution in [2.45, 2.75) is 19.3 Å². The number of guanidine groups is 1. The fraction of sp³-hybridized carbons (Fsp3) is 0.450. The van der Waals surface area contributed by atoms with Gasteiger partial charge in [-0.2, -0.15) is 5.10 Å². The van der Waals surface area contributed by atoms with Gasteiger partial charge in [0.2, 0.25) is 5.91 Å². The van der Waals surface area contributed by atoms with E-state index in [9.17, 15) is 4.79 Å². The fourth-order valence-corrected chi connectivity index (χ4v) is 3.72. The van der Waals surface area contributed by atoms with E-state index >= 15 is 0 Å². The predicted molar refractivity (Wildman–Crippen MR) is 131 cm³/mol. The molecule has 0 unspecified atom stereocenters. The molecule has 2 aromatic rings. The number of amides is 1. The molecule has 1 amide bonds. The van der Waals surface area contributed by atoms with Crippen molar-refractivity contribution in [3.05, 3.63) is 46.7 Å². The van der Waals surface area contributed by atoms with E-state index in [0.29, 0.717) is 19.6 Å². The van der Waals surface area contributed by atoms with E-state index in [0.717, 1.165) is 22.7 Å². The van der Waals surface area contributed by atoms with Crippen LogP contribution in [0.15, 0.2) is 46.1 Å². The molecule has 9 heteroatoms. The molecule has 0 radical (unpaired) electrons. The Hall–Kier alpha value is -1.62. The summed E-state index contributed by atoms with van der Waals surface area (Å²) in [6.07, 6.45) is 3.59. The molecule has 1 aliphatic rings. The third-order valence-electron chi connectivity index (χ3n) is 5.03. The molecular formula is C20H28BrIN6O. The summed E-state index contributed by atoms with van der Waals surface area (Å²) in [5.74, 6) is 0.802. The van der Waals surface area contributed by atoms with Crippen molar-refractivity contribution in [1.29, 1.82) is 0 Å². The number of nitrogens with zero attached hydrogens (tertiary/aromatic N) is 5. The van der Waals surface area contributed by atoms with Crippen LogP contribution in [0.5, 0.6) is 0 Å². The summed E-state index contributed by atoms with van der Waals surface area (Å²) in [7, 11) is 3.61. The molecule has 29 heavy (non-hydrogen) atoms. The van der Waals surface area contributed by atoms with E-state index in [-0.39, 0.29) is 35.3 Å². The molecule has 1 aromatic heterocycles. The van der Waals surface area contributed by atoms with Crippen molar-refractivity contribution in [3.63, 3.8) is 0 Å². The molecular weight excluding hydrogens is 547 g/mol. The highest BCUT2D eigenvalue weighted by Crippen LogP contribution is 2.25. The number of rotatable bonds is 4. The molecule has 1 N–H and O–H groups in total. The number of halogens is 2. The smallest absolute Gasteiger partial charge is 0.246 e. The molecule has 3 rings (SSSR count). The van der Waals surface area contributed by atoms with Gasteiger partial charge in [-0.05, 0) is 17.7 Å². The van der Waals surface area contributed by atoms with Gasteiger partial charge in [-0.15, -0.1) is 24.0 Å². The second-order valence-electron chi connectivity index (χ2n) is 7.63. The molecule has 1 fully saturated rings. The third kappa shape index (κ3) is 5.71. The van der Waals surface area contributed by atoms with Crippen molar-refractivity contribution < 1.29 is 4.79 Å². The van der Waals surface area contributed by atoms with Crippen LogP contribution < -0.4 is 10.2 Å². The van der Waals surface area contributed by atoms with E-state index in [1.807, 2.05) is 30.3 Å². The molecule has 0 spiro atoms. The summed E-state index contributed by atoms with van der Waals surface area (Å²) < 4.78 is 2.78. The summed E-state index contributed by atoms with van der Waals surface area (Å²) in [5, 5.41) is 7.61. The minimum Gasteiger partial charge on any atom is -0.355 e. The Labute approximate surface area is 197 Å². The first-order valence-electron chi connectivity index (χ1n) is 9.31. The van der Waals surface area contributed by atoms with E-state index < -0.39 is 0 Å². The normalized spacial score (nSPS) is 15.3. The van der Waals surface area contributed by atoms with E-state index in [1.165, 1.54) is 5.56 Å². The lowest BCUT2D eigenvalue weighted by Gasteiger charge is -2.36. The van der Waals surface area contributed by atoms with Gasteiger partial charge < -0.3 is 15.1 Å². The molecule has 0 bridgehead atoms. The highest BCUT2D eigenvalue weighted by molar-refractivity contribution is 14.0. The second-order valence-corrected chi connectivity index (χ2v) is 8.55. The van der Waals surface area contributed by atoms with Crippen molar-refractivity contribution in [3.8, 4) is 0 Å². The quantitative estimate of drug-likeness (QED) is 0.346. The zero-order chi connectivity index (χ0) is 20.3. The Morgan fingerprint density at radius 3 is 2.69 bits per heavy atom. The maximum Gasteiger partial charge on any atom is 0.246 e. The van der Waals surface area contributed by atoms with Gasteiger partial charge in [-0.25, -0.2) is 0 Å². The van der Waals surface area contributed by atoms with Crippen molar-refractivity contribution in [1.82, 2.24) is 20.0 Å². The zero-order valence-electron chi connectivity index (χ0n) is 17.2. The second kappa shape index (κ2) is 9.92. The molecule has 0 aliphatic carbocycles. The monoisotopic (exact) mass is 574 g/mol. The number of aliphatic imine (C=N–C) groups is 1. The molecule has 2 heterocycles. The van der Waals surface area contributed by atoms with Crippen LogP contribution in [0.4, 0.5) is 5.69 Å². The van der Waals surface area contributed by atoms with Crippen molar-refractivity contribution >= 4 is 57.5 Å². The predicted octanol–water partition coefficient (Wildman–Crippen LogP) is 3.00. The standard InChI is InChI=1S/C20H27BrN6O.HI/c1-20(2,15-6-5-7-16(21)10-15)14-23-19(22-3)26-8-9-27(18(28)13-26)17-11-24-25(4)12-17;/h5-7,10-12H,8-9,13-14H2,1-4H3,(H,22,23);1H. The van der Waals surface area contributed by atoms with Crippen LogP contribution in [0.1, 0.15) is 19.4 Å². The average molecular weight is 575 g/mol. The van der Waals surface area contributed by atoms with Gasteiger partial charge in [0.15, 0.2) is 5.96 Å². The summed E-state index contributed by atoms with van der Waals surface area (Å²) >= 11 is 3.54. The summed E-state index contributed by atoms with van der Waals surface area (Å²) in [6, 6.07) is 8.34. The van der Waals surface area contributed by atoms with Gasteiger partial charge in [0.1, 0.15) is 6.54 Å². The van der Waals surface area contributed by atoms with Gasteiger partial charge in [-0.1, -0.05) is 41.9 Å². The lowest BCUT2D eigenvalue weighted by Crippen LogP contribution is -2.56. The molecule has 0 atom stereocenters. The molecule has 1 aliphatic heterocycles. The lowest BCUT2D eigenvalue weighted by atomic mass is 9.85. The van der Waals surface area contributed by atoms with Gasteiger partial charge in [0.25, 0.3) is 0 Å². The number of hydrogen-bond donors (Lipinski definition) is 1. The van der Waals surface area contributed by atoms with Crippen LogP contribution in [0.2, 0.25) is 0 Å². The first kappa shape index (κ1) is 23.7. The van der Waals surface area contributed by atoms with Gasteiger partial charge in [0.05, 0.1) is 11.9 Å². The molecule has 1 saturated heterocycles. The minimum absolute atomic E-state index is 0. The SMILES string of the molecule is CN=C(NCC(C)(C)c1cccc(Br)c1)N1CCN(c2cnn(C)c2)C(=O)C1.I. The van der Waals surface area contributed by atoms with Crippen LogP contribution in [-0.2, 0) is 17.3 Å². The number of aromatic nitrogens is 2. The number of carbonyl (C=O) groups is 1. The Morgan fingerprint density at radius 1 is 1.34 bits per heavy atom. The average Bonchev–Trinajstić information content (AvgIpc) is 3.08. The molecule has 1 aromatic carbocycles. The zero-order valence-corrected chi connectivity index (χ0v) is 21.1. The Balaban J connectivity index is 0.00000300. The molecule has 158 valence electrons. The number of piperazine rings is 1. The maximum atomic E-state index is 12.7. The fourth-order valence-electron chi connectivity index (χ4n) is 3.32. The van der Waals surface area contributed by atoms with Crippen LogP contribution in [0, 0.1) is 0 Å². The first-order chi connectivity index (χ1) is 13.3. The Morgan fingerprint density at radius 2 is 2.10 bits per heavy atom. The van der Waals surface area contributed by atoms with E-state index in [1.54, 1.807) is 22.8 Å². The van der Waals surface area contributed by atoms with E-state index in [4.69, 9.17) is 0 Å². The number of hydrogen-bond acceptors (Lipinski definition) is 3. The largest absolute Gasteiger partial charge is 0.355 e. The number of nitrogens with one attached hydrogen (secondary N) is 1. The third-order valence-corrected chi connectivity index (χ3v) is 5.52. The van der Waals surface area contributed by atoms with Crippen LogP contribution in [0.25, 0.3) is 0 Å². The Bertz CT molecular complexity index is 881. The first-order valence-corrected chi connectivity index (χ1v) is 10.1.